The summed E-state index contributed by atoms with van der Waals surface area (Å²) in [7, 11) is -2.50. The van der Waals surface area contributed by atoms with E-state index in [2.05, 4.69) is 30.8 Å². The van der Waals surface area contributed by atoms with E-state index in [9.17, 15) is 15.1 Å². The Morgan fingerprint density at radius 1 is 1.11 bits per heavy atom. The Labute approximate surface area is 217 Å². The van der Waals surface area contributed by atoms with Gasteiger partial charge in [-0.3, -0.25) is 4.79 Å². The van der Waals surface area contributed by atoms with Gasteiger partial charge in [0.1, 0.15) is 31.9 Å². The van der Waals surface area contributed by atoms with Crippen molar-refractivity contribution in [3.63, 3.8) is 0 Å². The van der Waals surface area contributed by atoms with Gasteiger partial charge in [0.2, 0.25) is 5.91 Å². The number of nitrogens with zero attached hydrogens (tertiary/aromatic N) is 4. The molecule has 0 radical (unpaired) electrons. The molecule has 0 aromatic heterocycles. The normalized spacial score (nSPS) is 19.0. The summed E-state index contributed by atoms with van der Waals surface area (Å²) in [4.78, 5) is 30.8. The van der Waals surface area contributed by atoms with Gasteiger partial charge in [0.05, 0.1) is 6.10 Å². The first-order valence-corrected chi connectivity index (χ1v) is 15.1. The van der Waals surface area contributed by atoms with Crippen molar-refractivity contribution < 1.29 is 28.2 Å². The van der Waals surface area contributed by atoms with Gasteiger partial charge < -0.3 is 18.6 Å². The van der Waals surface area contributed by atoms with Crippen molar-refractivity contribution in [3.05, 3.63) is 70.1 Å². The molecule has 0 bridgehead atoms. The molecule has 2 amide bonds. The van der Waals surface area contributed by atoms with E-state index >= 15 is 0 Å². The number of azide groups is 1. The molecule has 4 rings (SSSR count). The molecule has 2 aliphatic heterocycles. The molecule has 0 saturated carbocycles. The van der Waals surface area contributed by atoms with Crippen LogP contribution in [0.25, 0.3) is 10.4 Å². The van der Waals surface area contributed by atoms with E-state index in [1.807, 2.05) is 43.4 Å². The molecule has 2 aromatic rings. The molecular formula is C26H32N4O6Si. The van der Waals surface area contributed by atoms with Crippen molar-refractivity contribution in [1.82, 2.24) is 4.90 Å². The minimum Gasteiger partial charge on any atom is -0.486 e. The number of fused-ring (bicyclic) bond motifs is 1. The van der Waals surface area contributed by atoms with Crippen LogP contribution in [-0.2, 0) is 14.0 Å². The maximum Gasteiger partial charge on any atom is 0.417 e. The SMILES string of the molecule is CC(C)(C)[Si](C)(C)OC(c1ccc2c(c1)OCCO2)[C@H](N=[N+]=[N-])C(=O)N1C(=O)OC[C@@H]1c1ccccc1. The van der Waals surface area contributed by atoms with E-state index in [4.69, 9.17) is 18.6 Å². The first kappa shape index (κ1) is 26.5. The van der Waals surface area contributed by atoms with Crippen LogP contribution in [-0.4, -0.2) is 51.1 Å². The highest BCUT2D eigenvalue weighted by Gasteiger charge is 2.47. The zero-order valence-electron chi connectivity index (χ0n) is 21.7. The maximum atomic E-state index is 14.0. The van der Waals surface area contributed by atoms with Gasteiger partial charge in [0, 0.05) is 4.91 Å². The Bertz CT molecular complexity index is 1210. The van der Waals surface area contributed by atoms with Gasteiger partial charge in [-0.05, 0) is 46.9 Å². The minimum atomic E-state index is -2.50. The predicted octanol–water partition coefficient (Wildman–Crippen LogP) is 5.92. The van der Waals surface area contributed by atoms with Gasteiger partial charge >= 0.3 is 6.09 Å². The third kappa shape index (κ3) is 5.43. The highest BCUT2D eigenvalue weighted by Crippen LogP contribution is 2.43. The molecule has 11 heteroatoms. The van der Waals surface area contributed by atoms with E-state index in [0.29, 0.717) is 30.3 Å². The van der Waals surface area contributed by atoms with Gasteiger partial charge in [-0.15, -0.1) is 0 Å². The maximum absolute atomic E-state index is 14.0. The fourth-order valence-corrected chi connectivity index (χ4v) is 5.32. The molecule has 0 aliphatic carbocycles. The molecule has 0 spiro atoms. The number of imide groups is 1. The van der Waals surface area contributed by atoms with Crippen LogP contribution in [0.3, 0.4) is 0 Å². The molecule has 10 nitrogen and oxygen atoms in total. The fraction of sp³-hybridized carbons (Fsp3) is 0.462. The van der Waals surface area contributed by atoms with Crippen molar-refractivity contribution in [3.8, 4) is 11.5 Å². The lowest BCUT2D eigenvalue weighted by Crippen LogP contribution is -2.48. The molecule has 1 saturated heterocycles. The van der Waals surface area contributed by atoms with Crippen molar-refractivity contribution in [2.45, 2.75) is 57.1 Å². The van der Waals surface area contributed by atoms with Crippen LogP contribution < -0.4 is 9.47 Å². The fourth-order valence-electron chi connectivity index (χ4n) is 4.07. The number of rotatable bonds is 7. The average Bonchev–Trinajstić information content (AvgIpc) is 3.26. The predicted molar refractivity (Wildman–Crippen MR) is 139 cm³/mol. The largest absolute Gasteiger partial charge is 0.486 e. The summed E-state index contributed by atoms with van der Waals surface area (Å²) in [5.74, 6) is 0.412. The van der Waals surface area contributed by atoms with Gasteiger partial charge in [-0.1, -0.05) is 62.3 Å². The second-order valence-electron chi connectivity index (χ2n) is 10.6. The van der Waals surface area contributed by atoms with Gasteiger partial charge in [0.15, 0.2) is 19.8 Å². The summed E-state index contributed by atoms with van der Waals surface area (Å²) in [5, 5.41) is 3.69. The number of hydrogen-bond donors (Lipinski definition) is 0. The highest BCUT2D eigenvalue weighted by molar-refractivity contribution is 6.74. The van der Waals surface area contributed by atoms with Gasteiger partial charge in [0.25, 0.3) is 0 Å². The van der Waals surface area contributed by atoms with Crippen molar-refractivity contribution >= 4 is 20.3 Å². The van der Waals surface area contributed by atoms with E-state index in [1.54, 1.807) is 18.2 Å². The van der Waals surface area contributed by atoms with Crippen molar-refractivity contribution in [1.29, 1.82) is 0 Å². The Balaban J connectivity index is 1.78. The third-order valence-electron chi connectivity index (χ3n) is 7.13. The van der Waals surface area contributed by atoms with Gasteiger partial charge in [-0.2, -0.15) is 0 Å². The van der Waals surface area contributed by atoms with Crippen LogP contribution in [0.15, 0.2) is 53.6 Å². The van der Waals surface area contributed by atoms with Crippen LogP contribution >= 0.6 is 0 Å². The Kier molecular flexibility index (Phi) is 7.49. The number of cyclic esters (lactones) is 1. The standard InChI is InChI=1S/C26H32N4O6Si/c1-26(2,3)37(4,5)36-23(18-11-12-20-21(15-18)34-14-13-33-20)22(28-29-27)24(31)30-19(16-35-25(30)32)17-9-7-6-8-10-17/h6-12,15,19,22-23H,13-14,16H2,1-5H3/t19-,22+,23?/m1/s1. The number of ether oxygens (including phenoxy) is 3. The number of amides is 2. The minimum absolute atomic E-state index is 0.00928. The third-order valence-corrected chi connectivity index (χ3v) is 11.6. The summed E-state index contributed by atoms with van der Waals surface area (Å²) in [6.45, 7) is 11.2. The molecular weight excluding hydrogens is 492 g/mol. The number of carbonyl (C=O) groups excluding carboxylic acids is 2. The average molecular weight is 525 g/mol. The molecule has 196 valence electrons. The molecule has 1 fully saturated rings. The second-order valence-corrected chi connectivity index (χ2v) is 15.3. The summed E-state index contributed by atoms with van der Waals surface area (Å²) >= 11 is 0. The lowest BCUT2D eigenvalue weighted by atomic mass is 9.99. The Morgan fingerprint density at radius 3 is 2.43 bits per heavy atom. The summed E-state index contributed by atoms with van der Waals surface area (Å²) in [6, 6.07) is 12.4. The summed E-state index contributed by atoms with van der Waals surface area (Å²) < 4.78 is 23.4. The lowest BCUT2D eigenvalue weighted by molar-refractivity contribution is -0.133. The molecule has 37 heavy (non-hydrogen) atoms. The molecule has 2 heterocycles. The van der Waals surface area contributed by atoms with Crippen molar-refractivity contribution in [2.24, 2.45) is 5.11 Å². The molecule has 2 aromatic carbocycles. The molecule has 2 aliphatic rings. The van der Waals surface area contributed by atoms with Crippen LogP contribution in [0.5, 0.6) is 11.5 Å². The summed E-state index contributed by atoms with van der Waals surface area (Å²) in [5.41, 5.74) is 10.8. The zero-order valence-corrected chi connectivity index (χ0v) is 22.7. The molecule has 3 atom stereocenters. The smallest absolute Gasteiger partial charge is 0.417 e. The van der Waals surface area contributed by atoms with Crippen molar-refractivity contribution in [2.75, 3.05) is 19.8 Å². The number of hydrogen-bond acceptors (Lipinski definition) is 7. The first-order valence-electron chi connectivity index (χ1n) is 12.2. The van der Waals surface area contributed by atoms with E-state index in [1.165, 1.54) is 0 Å². The second kappa shape index (κ2) is 10.4. The first-order chi connectivity index (χ1) is 17.5. The Hall–Kier alpha value is -3.53. The topological polar surface area (TPSA) is 123 Å². The van der Waals surface area contributed by atoms with E-state index in [0.717, 1.165) is 10.5 Å². The quantitative estimate of drug-likeness (QED) is 0.192. The lowest BCUT2D eigenvalue weighted by Gasteiger charge is -2.41. The van der Waals surface area contributed by atoms with Crippen LogP contribution in [0.1, 0.15) is 44.0 Å². The summed E-state index contributed by atoms with van der Waals surface area (Å²) in [6.07, 6.45) is -1.75. The highest BCUT2D eigenvalue weighted by atomic mass is 28.4. The van der Waals surface area contributed by atoms with Gasteiger partial charge in [-0.25, -0.2) is 9.69 Å². The number of carbonyl (C=O) groups is 2. The van der Waals surface area contributed by atoms with Crippen LogP contribution in [0.2, 0.25) is 18.1 Å². The molecule has 1 unspecified atom stereocenters. The molecule has 0 N–H and O–H groups in total. The zero-order chi connectivity index (χ0) is 26.8. The monoisotopic (exact) mass is 524 g/mol. The Morgan fingerprint density at radius 2 is 1.78 bits per heavy atom. The van der Waals surface area contributed by atoms with E-state index < -0.39 is 38.5 Å². The van der Waals surface area contributed by atoms with Crippen LogP contribution in [0, 0.1) is 0 Å². The van der Waals surface area contributed by atoms with E-state index in [-0.39, 0.29) is 11.6 Å². The van der Waals surface area contributed by atoms with Crippen LogP contribution in [0.4, 0.5) is 4.79 Å². The number of benzene rings is 2.